The fourth-order valence-electron chi connectivity index (χ4n) is 1.44. The average molecular weight is 360 g/mol. The number of alkyl halides is 2. The Kier molecular flexibility index (Phi) is 10.6. The van der Waals surface area contributed by atoms with E-state index in [9.17, 15) is 0 Å². The second-order valence-corrected chi connectivity index (χ2v) is 16.6. The first kappa shape index (κ1) is 20.2. The van der Waals surface area contributed by atoms with Crippen LogP contribution in [0.25, 0.3) is 0 Å². The lowest BCUT2D eigenvalue weighted by atomic mass is 10.5. The third kappa shape index (κ3) is 10.5. The van der Waals surface area contributed by atoms with Crippen molar-refractivity contribution < 1.29 is 8.85 Å². The van der Waals surface area contributed by atoms with Gasteiger partial charge in [-0.1, -0.05) is 26.2 Å². The zero-order valence-corrected chi connectivity index (χ0v) is 17.6. The highest BCUT2D eigenvalue weighted by molar-refractivity contribution is 6.67. The van der Waals surface area contributed by atoms with Crippen molar-refractivity contribution in [2.24, 2.45) is 0 Å². The number of halogens is 2. The second kappa shape index (κ2) is 9.97. The molecule has 0 aromatic heterocycles. The summed E-state index contributed by atoms with van der Waals surface area (Å²) in [7, 11) is -2.84. The van der Waals surface area contributed by atoms with Gasteiger partial charge in [-0.05, 0) is 25.9 Å². The lowest BCUT2D eigenvalue weighted by molar-refractivity contribution is 0.178. The summed E-state index contributed by atoms with van der Waals surface area (Å²) in [6.07, 6.45) is 1.86. The molecule has 0 saturated carbocycles. The first-order valence-corrected chi connectivity index (χ1v) is 15.7. The highest BCUT2D eigenvalue weighted by Gasteiger charge is 2.25. The van der Waals surface area contributed by atoms with E-state index in [1.807, 2.05) is 0 Å². The van der Waals surface area contributed by atoms with Gasteiger partial charge in [0.05, 0.1) is 17.6 Å². The van der Waals surface area contributed by atoms with Crippen molar-refractivity contribution in [1.29, 1.82) is 0 Å². The molecule has 0 rings (SSSR count). The molecule has 0 aromatic rings. The van der Waals surface area contributed by atoms with Crippen molar-refractivity contribution in [2.75, 3.05) is 13.2 Å². The Bertz CT molecular complexity index is 219. The Morgan fingerprint density at radius 3 is 1.42 bits per heavy atom. The molecule has 0 N–H and O–H groups in total. The first-order valence-electron chi connectivity index (χ1n) is 6.82. The van der Waals surface area contributed by atoms with Gasteiger partial charge in [0.15, 0.2) is 0 Å². The van der Waals surface area contributed by atoms with Crippen LogP contribution in [-0.4, -0.2) is 49.4 Å². The molecule has 114 valence electrons. The molecule has 0 amide bonds. The van der Waals surface area contributed by atoms with Gasteiger partial charge in [0.1, 0.15) is 0 Å². The van der Waals surface area contributed by atoms with E-state index < -0.39 is 26.2 Å². The van der Waals surface area contributed by atoms with Crippen molar-refractivity contribution in [3.05, 3.63) is 0 Å². The minimum Gasteiger partial charge on any atom is -0.394 e. The van der Waals surface area contributed by atoms with Gasteiger partial charge in [-0.25, -0.2) is 0 Å². The van der Waals surface area contributed by atoms with E-state index in [-0.39, 0.29) is 10.0 Å². The summed E-state index contributed by atoms with van der Waals surface area (Å²) in [5, 5.41) is 0.569. The zero-order chi connectivity index (χ0) is 15.1. The van der Waals surface area contributed by atoms with Crippen molar-refractivity contribution in [3.63, 3.8) is 0 Å². The molecule has 0 aromatic carbocycles. The molecule has 2 atom stereocenters. The standard InChI is InChI=1S/C12H28Cl2O2Si3/c1-17(2)11(13)7-9-15-19(5,6)16-10-8-12(14)18(3)4/h11-12H,7-10H2,1-6H3. The molecule has 0 saturated heterocycles. The number of hydrogen-bond donors (Lipinski definition) is 0. The van der Waals surface area contributed by atoms with Crippen LogP contribution in [0.1, 0.15) is 12.8 Å². The quantitative estimate of drug-likeness (QED) is 0.428. The Morgan fingerprint density at radius 1 is 0.842 bits per heavy atom. The smallest absolute Gasteiger partial charge is 0.331 e. The van der Waals surface area contributed by atoms with Gasteiger partial charge in [0.2, 0.25) is 0 Å². The molecule has 0 spiro atoms. The largest absolute Gasteiger partial charge is 0.394 e. The fourth-order valence-corrected chi connectivity index (χ4v) is 4.31. The van der Waals surface area contributed by atoms with Gasteiger partial charge in [-0.3, -0.25) is 0 Å². The maximum Gasteiger partial charge on any atom is 0.331 e. The van der Waals surface area contributed by atoms with Crippen LogP contribution in [0.5, 0.6) is 0 Å². The molecule has 2 radical (unpaired) electrons. The SMILES string of the molecule is C[Si](C)C(Cl)CCO[Si](C)(C)OCCC(Cl)[Si](C)C. The molecule has 0 aliphatic carbocycles. The van der Waals surface area contributed by atoms with E-state index in [0.29, 0.717) is 13.2 Å². The highest BCUT2D eigenvalue weighted by Crippen LogP contribution is 2.14. The minimum absolute atomic E-state index is 0.285. The van der Waals surface area contributed by atoms with Gasteiger partial charge in [0.25, 0.3) is 0 Å². The molecule has 0 fully saturated rings. The van der Waals surface area contributed by atoms with Gasteiger partial charge in [0, 0.05) is 23.2 Å². The van der Waals surface area contributed by atoms with Crippen molar-refractivity contribution in [3.8, 4) is 0 Å². The van der Waals surface area contributed by atoms with Gasteiger partial charge >= 0.3 is 8.56 Å². The van der Waals surface area contributed by atoms with Crippen LogP contribution in [0.2, 0.25) is 39.3 Å². The summed E-state index contributed by atoms with van der Waals surface area (Å²) in [5.41, 5.74) is 0. The van der Waals surface area contributed by atoms with Crippen molar-refractivity contribution in [1.82, 2.24) is 0 Å². The Labute approximate surface area is 133 Å². The first-order chi connectivity index (χ1) is 8.65. The van der Waals surface area contributed by atoms with Crippen LogP contribution in [0.15, 0.2) is 0 Å². The monoisotopic (exact) mass is 358 g/mol. The van der Waals surface area contributed by atoms with E-state index in [1.165, 1.54) is 0 Å². The van der Waals surface area contributed by atoms with E-state index in [4.69, 9.17) is 32.1 Å². The third-order valence-corrected chi connectivity index (χ3v) is 10.8. The van der Waals surface area contributed by atoms with E-state index in [2.05, 4.69) is 39.3 Å². The van der Waals surface area contributed by atoms with Crippen molar-refractivity contribution in [2.45, 2.75) is 62.1 Å². The van der Waals surface area contributed by atoms with Gasteiger partial charge in [-0.15, -0.1) is 23.2 Å². The van der Waals surface area contributed by atoms with E-state index >= 15 is 0 Å². The zero-order valence-electron chi connectivity index (χ0n) is 13.1. The minimum atomic E-state index is -2.00. The summed E-state index contributed by atoms with van der Waals surface area (Å²) in [5.74, 6) is 0. The molecule has 0 bridgehead atoms. The second-order valence-electron chi connectivity index (χ2n) is 5.76. The summed E-state index contributed by atoms with van der Waals surface area (Å²) in [6.45, 7) is 14.5. The maximum atomic E-state index is 6.25. The van der Waals surface area contributed by atoms with Gasteiger partial charge in [-0.2, -0.15) is 0 Å². The molecule has 0 aliphatic heterocycles. The van der Waals surface area contributed by atoms with Crippen LogP contribution in [-0.2, 0) is 8.85 Å². The fraction of sp³-hybridized carbons (Fsp3) is 1.00. The van der Waals surface area contributed by atoms with Gasteiger partial charge < -0.3 is 8.85 Å². The van der Waals surface area contributed by atoms with Crippen LogP contribution in [0, 0.1) is 0 Å². The Morgan fingerprint density at radius 2 is 1.16 bits per heavy atom. The van der Waals surface area contributed by atoms with Crippen LogP contribution < -0.4 is 0 Å². The predicted molar refractivity (Wildman–Crippen MR) is 92.9 cm³/mol. The molecule has 2 unspecified atom stereocenters. The summed E-state index contributed by atoms with van der Waals surface area (Å²) in [4.78, 5) is 0. The topological polar surface area (TPSA) is 18.5 Å². The normalized spacial score (nSPS) is 16.1. The lowest BCUT2D eigenvalue weighted by Crippen LogP contribution is -2.37. The molecular weight excluding hydrogens is 331 g/mol. The number of rotatable bonds is 10. The van der Waals surface area contributed by atoms with E-state index in [0.717, 1.165) is 12.8 Å². The molecule has 0 aliphatic rings. The summed E-state index contributed by atoms with van der Waals surface area (Å²) < 4.78 is 11.8. The molecule has 2 nitrogen and oxygen atoms in total. The summed E-state index contributed by atoms with van der Waals surface area (Å²) >= 11 is 12.5. The molecule has 7 heteroatoms. The predicted octanol–water partition coefficient (Wildman–Crippen LogP) is 4.30. The van der Waals surface area contributed by atoms with Crippen molar-refractivity contribution >= 4 is 49.4 Å². The van der Waals surface area contributed by atoms with Crippen LogP contribution in [0.4, 0.5) is 0 Å². The number of hydrogen-bond acceptors (Lipinski definition) is 2. The Balaban J connectivity index is 3.80. The third-order valence-electron chi connectivity index (χ3n) is 2.89. The Hall–Kier alpha value is 1.15. The molecular formula is C12H28Cl2O2Si3. The van der Waals surface area contributed by atoms with Crippen LogP contribution in [0.3, 0.4) is 0 Å². The van der Waals surface area contributed by atoms with E-state index in [1.54, 1.807) is 0 Å². The maximum absolute atomic E-state index is 6.25. The molecule has 19 heavy (non-hydrogen) atoms. The van der Waals surface area contributed by atoms with Crippen LogP contribution >= 0.6 is 23.2 Å². The highest BCUT2D eigenvalue weighted by atomic mass is 35.5. The average Bonchev–Trinajstić information content (AvgIpc) is 2.27. The molecule has 0 heterocycles. The summed E-state index contributed by atoms with van der Waals surface area (Å²) in [6, 6.07) is 0. The lowest BCUT2D eigenvalue weighted by Gasteiger charge is -2.24.